The average molecular weight is 273 g/mol. The predicted molar refractivity (Wildman–Crippen MR) is 79.8 cm³/mol. The Kier molecular flexibility index (Phi) is 4.58. The molecular formula is C14H12FN3S. The van der Waals surface area contributed by atoms with Crippen molar-refractivity contribution >= 4 is 29.2 Å². The van der Waals surface area contributed by atoms with Crippen LogP contribution in [0.15, 0.2) is 59.7 Å². The van der Waals surface area contributed by atoms with E-state index in [4.69, 9.17) is 12.2 Å². The van der Waals surface area contributed by atoms with Crippen LogP contribution in [0.5, 0.6) is 0 Å². The number of para-hydroxylation sites is 1. The number of hydrogen-bond donors (Lipinski definition) is 2. The SMILES string of the molecule is Fc1cccc(/C=N/NC(=S)Nc2ccccc2)c1. The minimum Gasteiger partial charge on any atom is -0.331 e. The van der Waals surface area contributed by atoms with Crippen LogP contribution in [0.3, 0.4) is 0 Å². The van der Waals surface area contributed by atoms with Crippen molar-refractivity contribution in [3.63, 3.8) is 0 Å². The van der Waals surface area contributed by atoms with E-state index in [-0.39, 0.29) is 5.82 Å². The molecule has 0 saturated carbocycles. The van der Waals surface area contributed by atoms with Crippen LogP contribution in [0.2, 0.25) is 0 Å². The van der Waals surface area contributed by atoms with Gasteiger partial charge in [-0.1, -0.05) is 30.3 Å². The van der Waals surface area contributed by atoms with Crippen molar-refractivity contribution in [1.82, 2.24) is 5.43 Å². The van der Waals surface area contributed by atoms with Gasteiger partial charge in [-0.3, -0.25) is 5.43 Å². The lowest BCUT2D eigenvalue weighted by molar-refractivity contribution is 0.627. The third-order valence-electron chi connectivity index (χ3n) is 2.26. The lowest BCUT2D eigenvalue weighted by Gasteiger charge is -2.06. The summed E-state index contributed by atoms with van der Waals surface area (Å²) in [4.78, 5) is 0. The Labute approximate surface area is 116 Å². The quantitative estimate of drug-likeness (QED) is 0.512. The van der Waals surface area contributed by atoms with E-state index >= 15 is 0 Å². The van der Waals surface area contributed by atoms with Crippen molar-refractivity contribution in [2.75, 3.05) is 5.32 Å². The molecule has 2 rings (SSSR count). The highest BCUT2D eigenvalue weighted by atomic mass is 32.1. The number of thiocarbonyl (C=S) groups is 1. The third kappa shape index (κ3) is 4.48. The van der Waals surface area contributed by atoms with E-state index in [0.29, 0.717) is 10.7 Å². The molecule has 0 spiro atoms. The number of hydrogen-bond acceptors (Lipinski definition) is 2. The highest BCUT2D eigenvalue weighted by Gasteiger charge is 1.94. The summed E-state index contributed by atoms with van der Waals surface area (Å²) in [5.41, 5.74) is 4.20. The second-order valence-corrected chi connectivity index (χ2v) is 4.15. The van der Waals surface area contributed by atoms with Crippen LogP contribution in [0.25, 0.3) is 0 Å². The van der Waals surface area contributed by atoms with E-state index in [9.17, 15) is 4.39 Å². The molecule has 2 aromatic rings. The molecule has 0 fully saturated rings. The zero-order valence-electron chi connectivity index (χ0n) is 10.0. The van der Waals surface area contributed by atoms with Crippen LogP contribution in [0, 0.1) is 5.82 Å². The number of benzene rings is 2. The van der Waals surface area contributed by atoms with Crippen LogP contribution in [-0.4, -0.2) is 11.3 Å². The first-order valence-corrected chi connectivity index (χ1v) is 6.05. The maximum absolute atomic E-state index is 12.9. The van der Waals surface area contributed by atoms with Crippen molar-refractivity contribution in [2.45, 2.75) is 0 Å². The molecule has 0 amide bonds. The fourth-order valence-corrected chi connectivity index (χ4v) is 1.60. The van der Waals surface area contributed by atoms with Gasteiger partial charge in [0, 0.05) is 5.69 Å². The monoisotopic (exact) mass is 273 g/mol. The van der Waals surface area contributed by atoms with E-state index in [2.05, 4.69) is 15.8 Å². The summed E-state index contributed by atoms with van der Waals surface area (Å²) in [7, 11) is 0. The number of nitrogens with one attached hydrogen (secondary N) is 2. The molecule has 0 aliphatic rings. The molecule has 96 valence electrons. The van der Waals surface area contributed by atoms with Gasteiger partial charge in [0.2, 0.25) is 0 Å². The zero-order valence-corrected chi connectivity index (χ0v) is 10.8. The van der Waals surface area contributed by atoms with Gasteiger partial charge in [0.15, 0.2) is 5.11 Å². The number of hydrazone groups is 1. The molecule has 3 nitrogen and oxygen atoms in total. The summed E-state index contributed by atoms with van der Waals surface area (Å²) >= 11 is 5.07. The van der Waals surface area contributed by atoms with Crippen molar-refractivity contribution < 1.29 is 4.39 Å². The van der Waals surface area contributed by atoms with Gasteiger partial charge in [0.1, 0.15) is 5.82 Å². The van der Waals surface area contributed by atoms with Gasteiger partial charge in [-0.05, 0) is 42.0 Å². The van der Waals surface area contributed by atoms with Crippen molar-refractivity contribution in [2.24, 2.45) is 5.10 Å². The number of nitrogens with zero attached hydrogens (tertiary/aromatic N) is 1. The van der Waals surface area contributed by atoms with Gasteiger partial charge < -0.3 is 5.32 Å². The van der Waals surface area contributed by atoms with Crippen LogP contribution in [0.4, 0.5) is 10.1 Å². The first-order chi connectivity index (χ1) is 9.24. The van der Waals surface area contributed by atoms with Crippen LogP contribution >= 0.6 is 12.2 Å². The van der Waals surface area contributed by atoms with Gasteiger partial charge in [0.05, 0.1) is 6.21 Å². The topological polar surface area (TPSA) is 36.4 Å². The van der Waals surface area contributed by atoms with E-state index in [1.807, 2.05) is 30.3 Å². The van der Waals surface area contributed by atoms with E-state index < -0.39 is 0 Å². The van der Waals surface area contributed by atoms with Crippen LogP contribution in [-0.2, 0) is 0 Å². The standard InChI is InChI=1S/C14H12FN3S/c15-12-6-4-5-11(9-12)10-16-18-14(19)17-13-7-2-1-3-8-13/h1-10H,(H2,17,18,19)/b16-10+. The molecule has 0 radical (unpaired) electrons. The molecule has 0 saturated heterocycles. The summed E-state index contributed by atoms with van der Waals surface area (Å²) in [5, 5.41) is 7.28. The third-order valence-corrected chi connectivity index (χ3v) is 2.45. The van der Waals surface area contributed by atoms with E-state index in [1.165, 1.54) is 18.3 Å². The zero-order chi connectivity index (χ0) is 13.5. The summed E-state index contributed by atoms with van der Waals surface area (Å²) in [6.07, 6.45) is 1.50. The molecule has 0 aliphatic carbocycles. The Bertz CT molecular complexity index is 584. The normalized spacial score (nSPS) is 10.4. The first kappa shape index (κ1) is 13.2. The molecule has 0 bridgehead atoms. The lowest BCUT2D eigenvalue weighted by atomic mass is 10.2. The largest absolute Gasteiger partial charge is 0.331 e. The molecule has 19 heavy (non-hydrogen) atoms. The molecule has 2 aromatic carbocycles. The smallest absolute Gasteiger partial charge is 0.191 e. The minimum absolute atomic E-state index is 0.297. The maximum Gasteiger partial charge on any atom is 0.191 e. The Morgan fingerprint density at radius 2 is 1.89 bits per heavy atom. The van der Waals surface area contributed by atoms with E-state index in [0.717, 1.165) is 5.69 Å². The molecule has 0 aromatic heterocycles. The fourth-order valence-electron chi connectivity index (χ4n) is 1.43. The Morgan fingerprint density at radius 3 is 2.63 bits per heavy atom. The minimum atomic E-state index is -0.297. The first-order valence-electron chi connectivity index (χ1n) is 5.65. The maximum atomic E-state index is 12.9. The van der Waals surface area contributed by atoms with Crippen molar-refractivity contribution in [3.8, 4) is 0 Å². The Morgan fingerprint density at radius 1 is 1.11 bits per heavy atom. The average Bonchev–Trinajstić information content (AvgIpc) is 2.40. The van der Waals surface area contributed by atoms with Gasteiger partial charge in [-0.2, -0.15) is 5.10 Å². The Balaban J connectivity index is 1.87. The molecule has 5 heteroatoms. The number of anilines is 1. The lowest BCUT2D eigenvalue weighted by Crippen LogP contribution is -2.23. The summed E-state index contributed by atoms with van der Waals surface area (Å²) in [5.74, 6) is -0.297. The molecule has 0 atom stereocenters. The van der Waals surface area contributed by atoms with Crippen molar-refractivity contribution in [3.05, 3.63) is 66.0 Å². The Hall–Kier alpha value is -2.27. The van der Waals surface area contributed by atoms with Gasteiger partial charge >= 0.3 is 0 Å². The molecule has 0 aliphatic heterocycles. The fraction of sp³-hybridized carbons (Fsp3) is 0. The summed E-state index contributed by atoms with van der Waals surface area (Å²) < 4.78 is 12.9. The predicted octanol–water partition coefficient (Wildman–Crippen LogP) is 3.15. The molecule has 0 heterocycles. The number of rotatable bonds is 3. The second-order valence-electron chi connectivity index (χ2n) is 3.75. The summed E-state index contributed by atoms with van der Waals surface area (Å²) in [6.45, 7) is 0. The molecule has 2 N–H and O–H groups in total. The van der Waals surface area contributed by atoms with Crippen LogP contribution in [0.1, 0.15) is 5.56 Å². The summed E-state index contributed by atoms with van der Waals surface area (Å²) in [6, 6.07) is 15.7. The molecule has 0 unspecified atom stereocenters. The van der Waals surface area contributed by atoms with Crippen LogP contribution < -0.4 is 10.7 Å². The molecular weight excluding hydrogens is 261 g/mol. The second kappa shape index (κ2) is 6.61. The van der Waals surface area contributed by atoms with Gasteiger partial charge in [0.25, 0.3) is 0 Å². The van der Waals surface area contributed by atoms with E-state index in [1.54, 1.807) is 12.1 Å². The van der Waals surface area contributed by atoms with Crippen molar-refractivity contribution in [1.29, 1.82) is 0 Å². The highest BCUT2D eigenvalue weighted by Crippen LogP contribution is 2.04. The van der Waals surface area contributed by atoms with Gasteiger partial charge in [-0.15, -0.1) is 0 Å². The van der Waals surface area contributed by atoms with Gasteiger partial charge in [-0.25, -0.2) is 4.39 Å². The highest BCUT2D eigenvalue weighted by molar-refractivity contribution is 7.80. The number of halogens is 1.